The van der Waals surface area contributed by atoms with Gasteiger partial charge in [-0.2, -0.15) is 5.26 Å². The topological polar surface area (TPSA) is 85.2 Å². The molecule has 0 aliphatic carbocycles. The lowest BCUT2D eigenvalue weighted by Crippen LogP contribution is -2.49. The molecule has 0 bridgehead atoms. The fourth-order valence-electron chi connectivity index (χ4n) is 4.75. The highest BCUT2D eigenvalue weighted by atomic mass is 16.3. The van der Waals surface area contributed by atoms with Crippen LogP contribution in [-0.4, -0.2) is 35.8 Å². The summed E-state index contributed by atoms with van der Waals surface area (Å²) in [5, 5.41) is 24.9. The maximum absolute atomic E-state index is 12.6. The first-order valence-corrected chi connectivity index (χ1v) is 11.7. The molecule has 34 heavy (non-hydrogen) atoms. The molecule has 0 spiro atoms. The third kappa shape index (κ3) is 6.15. The average molecular weight is 456 g/mol. The minimum absolute atomic E-state index is 0.188. The van der Waals surface area contributed by atoms with Crippen molar-refractivity contribution in [2.45, 2.75) is 25.8 Å². The van der Waals surface area contributed by atoms with E-state index >= 15 is 0 Å². The van der Waals surface area contributed by atoms with Crippen molar-refractivity contribution in [1.82, 2.24) is 0 Å². The van der Waals surface area contributed by atoms with Crippen LogP contribution in [0.25, 0.3) is 0 Å². The van der Waals surface area contributed by atoms with Gasteiger partial charge < -0.3 is 20.2 Å². The zero-order chi connectivity index (χ0) is 24.0. The van der Waals surface area contributed by atoms with Crippen LogP contribution in [0.2, 0.25) is 0 Å². The van der Waals surface area contributed by atoms with Crippen LogP contribution in [-0.2, 0) is 13.0 Å². The second kappa shape index (κ2) is 10.4. The van der Waals surface area contributed by atoms with E-state index in [1.54, 1.807) is 42.5 Å². The first-order valence-electron chi connectivity index (χ1n) is 11.7. The van der Waals surface area contributed by atoms with Crippen molar-refractivity contribution in [3.05, 3.63) is 89.5 Å². The highest BCUT2D eigenvalue weighted by molar-refractivity contribution is 6.00. The summed E-state index contributed by atoms with van der Waals surface area (Å²) in [6, 6.07) is 24.2. The predicted molar refractivity (Wildman–Crippen MR) is 134 cm³/mol. The van der Waals surface area contributed by atoms with Gasteiger partial charge in [-0.1, -0.05) is 36.4 Å². The molecule has 6 heteroatoms. The van der Waals surface area contributed by atoms with Gasteiger partial charge in [0.25, 0.3) is 0 Å². The number of amides is 2. The van der Waals surface area contributed by atoms with Gasteiger partial charge in [0.15, 0.2) is 0 Å². The summed E-state index contributed by atoms with van der Waals surface area (Å²) in [6.07, 6.45) is 3.43. The number of hydrogen-bond acceptors (Lipinski definition) is 3. The number of nitrogens with zero attached hydrogens (tertiary/aromatic N) is 2. The second-order valence-corrected chi connectivity index (χ2v) is 9.47. The van der Waals surface area contributed by atoms with Gasteiger partial charge in [-0.05, 0) is 67.1 Å². The Balaban J connectivity index is 1.40. The lowest BCUT2D eigenvalue weighted by molar-refractivity contribution is -0.928. The molecule has 1 heterocycles. The number of phenols is 1. The van der Waals surface area contributed by atoms with Crippen LogP contribution >= 0.6 is 0 Å². The van der Waals surface area contributed by atoms with Crippen molar-refractivity contribution in [3.63, 3.8) is 0 Å². The normalized spacial score (nSPS) is 19.7. The number of aromatic hydroxyl groups is 1. The number of carbonyl (C=O) groups is 1. The summed E-state index contributed by atoms with van der Waals surface area (Å²) in [5.74, 6) is 0.874. The summed E-state index contributed by atoms with van der Waals surface area (Å²) < 4.78 is 0.870. The van der Waals surface area contributed by atoms with Crippen LogP contribution in [0.4, 0.5) is 16.2 Å². The highest BCUT2D eigenvalue weighted by Crippen LogP contribution is 2.30. The van der Waals surface area contributed by atoms with Gasteiger partial charge in [-0.25, -0.2) is 4.79 Å². The van der Waals surface area contributed by atoms with E-state index < -0.39 is 0 Å². The molecule has 0 aromatic heterocycles. The maximum atomic E-state index is 12.6. The van der Waals surface area contributed by atoms with Crippen molar-refractivity contribution in [2.24, 2.45) is 5.92 Å². The molecule has 4 rings (SSSR count). The Hall–Kier alpha value is -3.82. The lowest BCUT2D eigenvalue weighted by Gasteiger charge is -2.41. The number of benzene rings is 3. The van der Waals surface area contributed by atoms with Gasteiger partial charge in [0.1, 0.15) is 12.3 Å². The summed E-state index contributed by atoms with van der Waals surface area (Å²) >= 11 is 0. The molecule has 0 radical (unpaired) electrons. The number of hydrogen-bond donors (Lipinski definition) is 3. The summed E-state index contributed by atoms with van der Waals surface area (Å²) in [5.41, 5.74) is 4.02. The van der Waals surface area contributed by atoms with E-state index in [4.69, 9.17) is 5.26 Å². The molecule has 1 saturated heterocycles. The molecule has 1 fully saturated rings. The highest BCUT2D eigenvalue weighted by Gasteiger charge is 2.31. The molecule has 1 aliphatic heterocycles. The number of likely N-dealkylation sites (tertiary alicyclic amines) is 1. The second-order valence-electron chi connectivity index (χ2n) is 9.47. The first-order chi connectivity index (χ1) is 16.4. The smallest absolute Gasteiger partial charge is 0.323 e. The number of carbonyl (C=O) groups excluding carboxylic acids is 1. The summed E-state index contributed by atoms with van der Waals surface area (Å²) in [4.78, 5) is 12.6. The average Bonchev–Trinajstić information content (AvgIpc) is 2.83. The molecular formula is C28H31N4O2+. The first kappa shape index (κ1) is 23.3. The van der Waals surface area contributed by atoms with Crippen molar-refractivity contribution in [2.75, 3.05) is 30.8 Å². The molecular weight excluding hydrogens is 424 g/mol. The fourth-order valence-corrected chi connectivity index (χ4v) is 4.75. The van der Waals surface area contributed by atoms with E-state index in [1.165, 1.54) is 5.56 Å². The van der Waals surface area contributed by atoms with Crippen LogP contribution in [0.5, 0.6) is 5.75 Å². The van der Waals surface area contributed by atoms with E-state index in [0.29, 0.717) is 22.9 Å². The predicted octanol–water partition coefficient (Wildman–Crippen LogP) is 5.51. The number of urea groups is 1. The molecule has 0 atom stereocenters. The monoisotopic (exact) mass is 455 g/mol. The van der Waals surface area contributed by atoms with Crippen LogP contribution in [0.3, 0.4) is 0 Å². The summed E-state index contributed by atoms with van der Waals surface area (Å²) in [7, 11) is 2.25. The minimum Gasteiger partial charge on any atom is -0.508 e. The van der Waals surface area contributed by atoms with E-state index in [2.05, 4.69) is 54.1 Å². The lowest BCUT2D eigenvalue weighted by atomic mass is 9.89. The number of nitriles is 1. The van der Waals surface area contributed by atoms with Gasteiger partial charge in [0, 0.05) is 11.3 Å². The van der Waals surface area contributed by atoms with Gasteiger partial charge in [0.2, 0.25) is 0 Å². The zero-order valence-corrected chi connectivity index (χ0v) is 19.5. The Morgan fingerprint density at radius 1 is 1.03 bits per heavy atom. The third-order valence-corrected chi connectivity index (χ3v) is 6.66. The summed E-state index contributed by atoms with van der Waals surface area (Å²) in [6.45, 7) is 2.84. The third-order valence-electron chi connectivity index (χ3n) is 6.66. The number of quaternary nitrogens is 1. The molecule has 1 aliphatic rings. The Kier molecular flexibility index (Phi) is 7.15. The van der Waals surface area contributed by atoms with Crippen LogP contribution < -0.4 is 10.6 Å². The number of piperidine rings is 1. The SMILES string of the molecule is C[N+]1(Cc2cc(O)ccc2NC(=O)Nc2cccc(C#N)c2)CCC(Cc2ccccc2)CC1. The van der Waals surface area contributed by atoms with E-state index in [1.807, 2.05) is 0 Å². The van der Waals surface area contributed by atoms with Gasteiger partial charge in [-0.3, -0.25) is 0 Å². The molecule has 2 amide bonds. The fraction of sp³-hybridized carbons (Fsp3) is 0.286. The molecule has 3 N–H and O–H groups in total. The number of nitrogens with one attached hydrogen (secondary N) is 2. The Morgan fingerprint density at radius 2 is 1.79 bits per heavy atom. The molecule has 3 aromatic carbocycles. The number of phenolic OH excluding ortho intramolecular Hbond substituents is 1. The molecule has 174 valence electrons. The Labute approximate surface area is 201 Å². The zero-order valence-electron chi connectivity index (χ0n) is 19.5. The molecule has 0 unspecified atom stereocenters. The van der Waals surface area contributed by atoms with Gasteiger partial charge in [0.05, 0.1) is 37.5 Å². The largest absolute Gasteiger partial charge is 0.508 e. The van der Waals surface area contributed by atoms with Crippen molar-refractivity contribution in [3.8, 4) is 11.8 Å². The minimum atomic E-state index is -0.383. The van der Waals surface area contributed by atoms with Crippen LogP contribution in [0, 0.1) is 17.2 Å². The van der Waals surface area contributed by atoms with E-state index in [9.17, 15) is 9.90 Å². The molecule has 6 nitrogen and oxygen atoms in total. The number of anilines is 2. The molecule has 3 aromatic rings. The van der Waals surface area contributed by atoms with Crippen molar-refractivity contribution < 1.29 is 14.4 Å². The van der Waals surface area contributed by atoms with E-state index in [-0.39, 0.29) is 11.8 Å². The van der Waals surface area contributed by atoms with Crippen LogP contribution in [0.15, 0.2) is 72.8 Å². The van der Waals surface area contributed by atoms with Crippen LogP contribution in [0.1, 0.15) is 29.5 Å². The standard InChI is InChI=1S/C28H30N4O2/c1-32(14-12-22(13-15-32)16-21-6-3-2-4-7-21)20-24-18-26(33)10-11-27(24)31-28(34)30-25-9-5-8-23(17-25)19-29/h2-11,17-18,22H,12-16,20H2,1H3,(H2-,30,31,33,34)/p+1. The van der Waals surface area contributed by atoms with Crippen molar-refractivity contribution >= 4 is 17.4 Å². The number of rotatable bonds is 6. The quantitative estimate of drug-likeness (QED) is 0.339. The van der Waals surface area contributed by atoms with E-state index in [0.717, 1.165) is 48.9 Å². The molecule has 0 saturated carbocycles. The Bertz CT molecular complexity index is 1180. The van der Waals surface area contributed by atoms with Gasteiger partial charge in [-0.15, -0.1) is 0 Å². The van der Waals surface area contributed by atoms with Crippen molar-refractivity contribution in [1.29, 1.82) is 5.26 Å². The van der Waals surface area contributed by atoms with Gasteiger partial charge >= 0.3 is 6.03 Å². The maximum Gasteiger partial charge on any atom is 0.323 e. The Morgan fingerprint density at radius 3 is 2.53 bits per heavy atom.